The van der Waals surface area contributed by atoms with Crippen molar-refractivity contribution in [3.05, 3.63) is 77.8 Å². The maximum atomic E-state index is 12.8. The van der Waals surface area contributed by atoms with Crippen LogP contribution in [0.3, 0.4) is 0 Å². The molecule has 5 nitrogen and oxygen atoms in total. The summed E-state index contributed by atoms with van der Waals surface area (Å²) in [6.45, 7) is 6.15. The van der Waals surface area contributed by atoms with Crippen molar-refractivity contribution in [3.8, 4) is 11.3 Å². The first-order valence-corrected chi connectivity index (χ1v) is 9.27. The number of nitrogens with zero attached hydrogens (tertiary/aromatic N) is 3. The first-order chi connectivity index (χ1) is 13.2. The number of aryl methyl sites for hydroxylation is 1. The number of piperazine rings is 1. The van der Waals surface area contributed by atoms with E-state index < -0.39 is 0 Å². The summed E-state index contributed by atoms with van der Waals surface area (Å²) in [7, 11) is 0. The molecule has 3 aromatic rings. The summed E-state index contributed by atoms with van der Waals surface area (Å²) in [4.78, 5) is 21.6. The topological polar surface area (TPSA) is 49.6 Å². The third kappa shape index (κ3) is 3.93. The van der Waals surface area contributed by atoms with Crippen molar-refractivity contribution in [3.63, 3.8) is 0 Å². The van der Waals surface area contributed by atoms with Crippen LogP contribution >= 0.6 is 0 Å². The predicted octanol–water partition coefficient (Wildman–Crippen LogP) is 3.61. The zero-order valence-electron chi connectivity index (χ0n) is 15.5. The Balaban J connectivity index is 1.35. The number of rotatable bonds is 4. The highest BCUT2D eigenvalue weighted by Gasteiger charge is 2.22. The molecule has 0 bridgehead atoms. The lowest BCUT2D eigenvalue weighted by atomic mass is 10.1. The van der Waals surface area contributed by atoms with Gasteiger partial charge in [0.2, 0.25) is 0 Å². The Morgan fingerprint density at radius 3 is 2.48 bits per heavy atom. The number of amides is 1. The van der Waals surface area contributed by atoms with Gasteiger partial charge in [-0.1, -0.05) is 18.2 Å². The summed E-state index contributed by atoms with van der Waals surface area (Å²) < 4.78 is 5.40. The van der Waals surface area contributed by atoms with Crippen LogP contribution in [0.5, 0.6) is 0 Å². The molecule has 138 valence electrons. The third-order valence-corrected chi connectivity index (χ3v) is 5.09. The van der Waals surface area contributed by atoms with Gasteiger partial charge >= 0.3 is 0 Å². The normalized spacial score (nSPS) is 15.1. The van der Waals surface area contributed by atoms with Crippen LogP contribution in [0, 0.1) is 6.92 Å². The molecule has 1 aliphatic rings. The lowest BCUT2D eigenvalue weighted by molar-refractivity contribution is 0.0627. The van der Waals surface area contributed by atoms with E-state index >= 15 is 0 Å². The van der Waals surface area contributed by atoms with Crippen LogP contribution in [0.4, 0.5) is 0 Å². The van der Waals surface area contributed by atoms with Crippen molar-refractivity contribution in [2.45, 2.75) is 13.5 Å². The summed E-state index contributed by atoms with van der Waals surface area (Å²) in [5.41, 5.74) is 4.03. The Hall–Kier alpha value is -2.92. The van der Waals surface area contributed by atoms with E-state index in [1.165, 1.54) is 5.56 Å². The van der Waals surface area contributed by atoms with Gasteiger partial charge in [0, 0.05) is 50.0 Å². The Kier molecular flexibility index (Phi) is 5.03. The SMILES string of the molecule is Cc1cccnc1CN1CCN(C(=O)c2ccc(-c3ccco3)cc2)CC1. The number of benzene rings is 1. The average molecular weight is 361 g/mol. The van der Waals surface area contributed by atoms with Gasteiger partial charge in [0.25, 0.3) is 5.91 Å². The van der Waals surface area contributed by atoms with Crippen molar-refractivity contribution < 1.29 is 9.21 Å². The Morgan fingerprint density at radius 2 is 1.81 bits per heavy atom. The van der Waals surface area contributed by atoms with Crippen LogP contribution in [0.25, 0.3) is 11.3 Å². The number of carbonyl (C=O) groups is 1. The number of hydrogen-bond acceptors (Lipinski definition) is 4. The van der Waals surface area contributed by atoms with Gasteiger partial charge in [-0.05, 0) is 42.8 Å². The minimum atomic E-state index is 0.0923. The highest BCUT2D eigenvalue weighted by atomic mass is 16.3. The second kappa shape index (κ2) is 7.76. The van der Waals surface area contributed by atoms with Crippen molar-refractivity contribution in [2.24, 2.45) is 0 Å². The van der Waals surface area contributed by atoms with Crippen LogP contribution < -0.4 is 0 Å². The molecule has 3 heterocycles. The maximum absolute atomic E-state index is 12.8. The minimum Gasteiger partial charge on any atom is -0.464 e. The second-order valence-corrected chi connectivity index (χ2v) is 6.89. The molecule has 0 radical (unpaired) electrons. The molecule has 0 N–H and O–H groups in total. The molecular formula is C22H23N3O2. The van der Waals surface area contributed by atoms with Crippen molar-refractivity contribution >= 4 is 5.91 Å². The lowest BCUT2D eigenvalue weighted by Crippen LogP contribution is -2.48. The molecule has 1 fully saturated rings. The van der Waals surface area contributed by atoms with Crippen LogP contribution in [0.15, 0.2) is 65.4 Å². The van der Waals surface area contributed by atoms with Gasteiger partial charge in [-0.25, -0.2) is 0 Å². The fourth-order valence-electron chi connectivity index (χ4n) is 3.41. The zero-order valence-corrected chi connectivity index (χ0v) is 15.5. The van der Waals surface area contributed by atoms with E-state index in [1.807, 2.05) is 53.6 Å². The third-order valence-electron chi connectivity index (χ3n) is 5.09. The van der Waals surface area contributed by atoms with E-state index in [0.717, 1.165) is 55.3 Å². The molecule has 0 atom stereocenters. The Morgan fingerprint density at radius 1 is 1.04 bits per heavy atom. The molecule has 2 aromatic heterocycles. The highest BCUT2D eigenvalue weighted by Crippen LogP contribution is 2.21. The summed E-state index contributed by atoms with van der Waals surface area (Å²) in [6.07, 6.45) is 3.49. The number of hydrogen-bond donors (Lipinski definition) is 0. The molecular weight excluding hydrogens is 338 g/mol. The Bertz CT molecular complexity index is 896. The summed E-state index contributed by atoms with van der Waals surface area (Å²) in [5, 5.41) is 0. The van der Waals surface area contributed by atoms with Crippen LogP contribution in [-0.2, 0) is 6.54 Å². The number of pyridine rings is 1. The molecule has 1 saturated heterocycles. The molecule has 0 unspecified atom stereocenters. The van der Waals surface area contributed by atoms with E-state index in [9.17, 15) is 4.79 Å². The van der Waals surface area contributed by atoms with Crippen molar-refractivity contribution in [1.29, 1.82) is 0 Å². The first-order valence-electron chi connectivity index (χ1n) is 9.27. The zero-order chi connectivity index (χ0) is 18.6. The maximum Gasteiger partial charge on any atom is 0.253 e. The fraction of sp³-hybridized carbons (Fsp3) is 0.273. The van der Waals surface area contributed by atoms with Gasteiger partial charge in [0.1, 0.15) is 5.76 Å². The average Bonchev–Trinajstić information content (AvgIpc) is 3.25. The van der Waals surface area contributed by atoms with Gasteiger partial charge in [0.05, 0.1) is 12.0 Å². The van der Waals surface area contributed by atoms with E-state index in [-0.39, 0.29) is 5.91 Å². The van der Waals surface area contributed by atoms with Gasteiger partial charge < -0.3 is 9.32 Å². The fourth-order valence-corrected chi connectivity index (χ4v) is 3.41. The van der Waals surface area contributed by atoms with E-state index in [2.05, 4.69) is 22.9 Å². The summed E-state index contributed by atoms with van der Waals surface area (Å²) in [5.74, 6) is 0.905. The second-order valence-electron chi connectivity index (χ2n) is 6.89. The molecule has 1 aromatic carbocycles. The number of furan rings is 1. The van der Waals surface area contributed by atoms with Crippen molar-refractivity contribution in [2.75, 3.05) is 26.2 Å². The quantitative estimate of drug-likeness (QED) is 0.712. The molecule has 0 aliphatic carbocycles. The van der Waals surface area contributed by atoms with Gasteiger partial charge in [-0.2, -0.15) is 0 Å². The van der Waals surface area contributed by atoms with Crippen LogP contribution in [0.2, 0.25) is 0 Å². The standard InChI is InChI=1S/C22H23N3O2/c1-17-4-2-10-23-20(17)16-24-11-13-25(14-12-24)22(26)19-8-6-18(7-9-19)21-5-3-15-27-21/h2-10,15H,11-14,16H2,1H3. The van der Waals surface area contributed by atoms with E-state index in [4.69, 9.17) is 4.42 Å². The van der Waals surface area contributed by atoms with Gasteiger partial charge in [-0.15, -0.1) is 0 Å². The first kappa shape index (κ1) is 17.5. The van der Waals surface area contributed by atoms with Crippen molar-refractivity contribution in [1.82, 2.24) is 14.8 Å². The molecule has 0 saturated carbocycles. The molecule has 5 heteroatoms. The number of carbonyl (C=O) groups excluding carboxylic acids is 1. The van der Waals surface area contributed by atoms with Crippen LogP contribution in [0.1, 0.15) is 21.6 Å². The highest BCUT2D eigenvalue weighted by molar-refractivity contribution is 5.94. The molecule has 1 amide bonds. The summed E-state index contributed by atoms with van der Waals surface area (Å²) in [6, 6.07) is 15.5. The van der Waals surface area contributed by atoms with E-state index in [1.54, 1.807) is 6.26 Å². The molecule has 0 spiro atoms. The molecule has 4 rings (SSSR count). The monoisotopic (exact) mass is 361 g/mol. The van der Waals surface area contributed by atoms with Gasteiger partial charge in [-0.3, -0.25) is 14.7 Å². The smallest absolute Gasteiger partial charge is 0.253 e. The Labute approximate surface area is 159 Å². The molecule has 1 aliphatic heterocycles. The lowest BCUT2D eigenvalue weighted by Gasteiger charge is -2.34. The van der Waals surface area contributed by atoms with Gasteiger partial charge in [0.15, 0.2) is 0 Å². The number of aromatic nitrogens is 1. The van der Waals surface area contributed by atoms with E-state index in [0.29, 0.717) is 0 Å². The minimum absolute atomic E-state index is 0.0923. The summed E-state index contributed by atoms with van der Waals surface area (Å²) >= 11 is 0. The largest absolute Gasteiger partial charge is 0.464 e. The molecule has 27 heavy (non-hydrogen) atoms. The predicted molar refractivity (Wildman–Crippen MR) is 104 cm³/mol. The van der Waals surface area contributed by atoms with Crippen LogP contribution in [-0.4, -0.2) is 46.9 Å².